The first-order valence-corrected chi connectivity index (χ1v) is 7.91. The molecule has 4 rings (SSSR count). The van der Waals surface area contributed by atoms with Crippen LogP contribution >= 0.6 is 0 Å². The Morgan fingerprint density at radius 1 is 1.43 bits per heavy atom. The zero-order valence-electron chi connectivity index (χ0n) is 13.0. The molecule has 2 aromatic rings. The predicted molar refractivity (Wildman–Crippen MR) is 84.2 cm³/mol. The lowest BCUT2D eigenvalue weighted by molar-refractivity contribution is -0.0516. The van der Waals surface area contributed by atoms with Crippen LogP contribution in [0.3, 0.4) is 0 Å². The van der Waals surface area contributed by atoms with Crippen molar-refractivity contribution in [3.8, 4) is 17.0 Å². The van der Waals surface area contributed by atoms with Gasteiger partial charge in [-0.3, -0.25) is 9.78 Å². The van der Waals surface area contributed by atoms with E-state index in [2.05, 4.69) is 4.98 Å². The third-order valence-corrected chi connectivity index (χ3v) is 4.80. The number of ether oxygens (including phenoxy) is 2. The predicted octanol–water partition coefficient (Wildman–Crippen LogP) is 2.07. The Morgan fingerprint density at radius 3 is 2.91 bits per heavy atom. The molecule has 4 heterocycles. The van der Waals surface area contributed by atoms with Gasteiger partial charge in [0.15, 0.2) is 0 Å². The molecule has 0 aliphatic carbocycles. The molecule has 23 heavy (non-hydrogen) atoms. The number of nitrogens with two attached hydrogens (primary N) is 1. The number of hydrogen-bond acceptors (Lipinski definition) is 4. The maximum atomic E-state index is 11.9. The minimum absolute atomic E-state index is 0.418. The molecule has 0 aromatic carbocycles. The number of pyridine rings is 1. The summed E-state index contributed by atoms with van der Waals surface area (Å²) in [5.41, 5.74) is 8.68. The molecule has 120 valence electrons. The lowest BCUT2D eigenvalue weighted by atomic mass is 9.82. The van der Waals surface area contributed by atoms with Crippen LogP contribution in [0.2, 0.25) is 0 Å². The summed E-state index contributed by atoms with van der Waals surface area (Å²) in [7, 11) is 0. The molecule has 1 fully saturated rings. The van der Waals surface area contributed by atoms with Crippen LogP contribution in [0.1, 0.15) is 35.8 Å². The summed E-state index contributed by atoms with van der Waals surface area (Å²) in [5, 5.41) is 0. The highest BCUT2D eigenvalue weighted by atomic mass is 16.5. The number of rotatable bonds is 2. The largest absolute Gasteiger partial charge is 0.480 e. The van der Waals surface area contributed by atoms with E-state index >= 15 is 0 Å². The van der Waals surface area contributed by atoms with E-state index in [0.717, 1.165) is 35.4 Å². The minimum atomic E-state index is -0.464. The second kappa shape index (κ2) is 5.09. The van der Waals surface area contributed by atoms with Gasteiger partial charge < -0.3 is 19.8 Å². The fourth-order valence-corrected chi connectivity index (χ4v) is 3.71. The van der Waals surface area contributed by atoms with Gasteiger partial charge in [0, 0.05) is 36.7 Å². The zero-order chi connectivity index (χ0) is 16.0. The highest BCUT2D eigenvalue weighted by Crippen LogP contribution is 2.50. The fraction of sp³-hybridized carbons (Fsp3) is 0.412. The van der Waals surface area contributed by atoms with Gasteiger partial charge in [0.1, 0.15) is 17.0 Å². The number of carbonyl (C=O) groups is 1. The van der Waals surface area contributed by atoms with Crippen molar-refractivity contribution in [2.24, 2.45) is 5.73 Å². The second-order valence-corrected chi connectivity index (χ2v) is 5.98. The molecular formula is C17H19N3O3. The zero-order valence-corrected chi connectivity index (χ0v) is 13.0. The summed E-state index contributed by atoms with van der Waals surface area (Å²) >= 11 is 0. The number of fused-ring (bicyclic) bond motifs is 4. The molecule has 1 spiro atoms. The first kappa shape index (κ1) is 14.3. The normalized spacial score (nSPS) is 18.1. The maximum absolute atomic E-state index is 11.9. The second-order valence-electron chi connectivity index (χ2n) is 5.98. The van der Waals surface area contributed by atoms with Gasteiger partial charge in [0.2, 0.25) is 0 Å². The Labute approximate surface area is 134 Å². The van der Waals surface area contributed by atoms with Crippen molar-refractivity contribution in [1.82, 2.24) is 9.55 Å². The molecule has 2 aromatic heterocycles. The molecule has 0 saturated carbocycles. The fourth-order valence-electron chi connectivity index (χ4n) is 3.71. The van der Waals surface area contributed by atoms with E-state index in [1.54, 1.807) is 12.4 Å². The Kier molecular flexibility index (Phi) is 3.16. The summed E-state index contributed by atoms with van der Waals surface area (Å²) in [6, 6.07) is 3.83. The van der Waals surface area contributed by atoms with Crippen LogP contribution in [0.25, 0.3) is 11.3 Å². The molecule has 6 heteroatoms. The molecule has 2 aliphatic heterocycles. The molecule has 2 aliphatic rings. The van der Waals surface area contributed by atoms with Gasteiger partial charge in [-0.2, -0.15) is 0 Å². The maximum Gasteiger partial charge on any atom is 0.265 e. The Bertz CT molecular complexity index is 775. The molecule has 0 bridgehead atoms. The molecular weight excluding hydrogens is 294 g/mol. The highest BCUT2D eigenvalue weighted by molar-refractivity contribution is 5.94. The van der Waals surface area contributed by atoms with Crippen molar-refractivity contribution in [2.75, 3.05) is 13.2 Å². The monoisotopic (exact) mass is 313 g/mol. The molecule has 6 nitrogen and oxygen atoms in total. The van der Waals surface area contributed by atoms with Crippen molar-refractivity contribution in [3.05, 3.63) is 35.8 Å². The number of nitrogens with zero attached hydrogens (tertiary/aromatic N) is 2. The van der Waals surface area contributed by atoms with E-state index in [1.807, 2.05) is 23.6 Å². The lowest BCUT2D eigenvalue weighted by Gasteiger charge is -2.41. The smallest absolute Gasteiger partial charge is 0.265 e. The van der Waals surface area contributed by atoms with Gasteiger partial charge in [-0.1, -0.05) is 0 Å². The third kappa shape index (κ3) is 1.98. The summed E-state index contributed by atoms with van der Waals surface area (Å²) in [4.78, 5) is 16.1. The Hall–Kier alpha value is -2.34. The Balaban J connectivity index is 2.02. The summed E-state index contributed by atoms with van der Waals surface area (Å²) in [6.07, 6.45) is 4.98. The van der Waals surface area contributed by atoms with Crippen molar-refractivity contribution in [3.63, 3.8) is 0 Å². The van der Waals surface area contributed by atoms with Gasteiger partial charge in [0.25, 0.3) is 5.91 Å². The van der Waals surface area contributed by atoms with Crippen LogP contribution < -0.4 is 10.5 Å². The molecule has 1 saturated heterocycles. The van der Waals surface area contributed by atoms with Crippen molar-refractivity contribution < 1.29 is 14.3 Å². The first-order chi connectivity index (χ1) is 11.2. The van der Waals surface area contributed by atoms with Gasteiger partial charge in [-0.25, -0.2) is 0 Å². The molecule has 0 atom stereocenters. The quantitative estimate of drug-likeness (QED) is 0.920. The lowest BCUT2D eigenvalue weighted by Crippen LogP contribution is -2.41. The van der Waals surface area contributed by atoms with E-state index in [4.69, 9.17) is 15.2 Å². The van der Waals surface area contributed by atoms with E-state index in [9.17, 15) is 4.79 Å². The number of aromatic nitrogens is 2. The molecule has 2 N–H and O–H groups in total. The van der Waals surface area contributed by atoms with Crippen LogP contribution in [0.5, 0.6) is 5.75 Å². The Morgan fingerprint density at radius 2 is 2.22 bits per heavy atom. The van der Waals surface area contributed by atoms with Crippen LogP contribution in [0.4, 0.5) is 0 Å². The standard InChI is InChI=1S/C17H19N3O3/c1-2-20-13(16(18)21)9-12-15(20)11-3-6-19-10-14(11)23-17(12)4-7-22-8-5-17/h3,6,9-10H,2,4-5,7-8H2,1H3,(H2,18,21). The van der Waals surface area contributed by atoms with E-state index in [1.165, 1.54) is 0 Å². The average molecular weight is 313 g/mol. The topological polar surface area (TPSA) is 79.4 Å². The summed E-state index contributed by atoms with van der Waals surface area (Å²) in [5.74, 6) is 0.338. The van der Waals surface area contributed by atoms with Gasteiger partial charge in [0.05, 0.1) is 25.1 Å². The van der Waals surface area contributed by atoms with Crippen LogP contribution in [0.15, 0.2) is 24.5 Å². The highest BCUT2D eigenvalue weighted by Gasteiger charge is 2.45. The van der Waals surface area contributed by atoms with E-state index < -0.39 is 11.5 Å². The van der Waals surface area contributed by atoms with Crippen LogP contribution in [0, 0.1) is 0 Å². The number of hydrogen-bond donors (Lipinski definition) is 1. The molecule has 0 radical (unpaired) electrons. The van der Waals surface area contributed by atoms with Gasteiger partial charge >= 0.3 is 0 Å². The molecule has 1 amide bonds. The number of carbonyl (C=O) groups excluding carboxylic acids is 1. The SMILES string of the molecule is CCn1c(C(N)=O)cc2c1-c1ccncc1OC21CCOCC1. The van der Waals surface area contributed by atoms with Gasteiger partial charge in [-0.05, 0) is 19.1 Å². The van der Waals surface area contributed by atoms with Crippen LogP contribution in [-0.4, -0.2) is 28.7 Å². The van der Waals surface area contributed by atoms with Crippen molar-refractivity contribution >= 4 is 5.91 Å². The molecule has 0 unspecified atom stereocenters. The number of primary amides is 1. The van der Waals surface area contributed by atoms with Crippen LogP contribution in [-0.2, 0) is 16.9 Å². The van der Waals surface area contributed by atoms with E-state index in [0.29, 0.717) is 25.5 Å². The minimum Gasteiger partial charge on any atom is -0.480 e. The van der Waals surface area contributed by atoms with Crippen molar-refractivity contribution in [2.45, 2.75) is 31.9 Å². The average Bonchev–Trinajstić information content (AvgIpc) is 2.97. The van der Waals surface area contributed by atoms with Gasteiger partial charge in [-0.15, -0.1) is 0 Å². The van der Waals surface area contributed by atoms with Crippen molar-refractivity contribution in [1.29, 1.82) is 0 Å². The third-order valence-electron chi connectivity index (χ3n) is 4.80. The summed E-state index contributed by atoms with van der Waals surface area (Å²) in [6.45, 7) is 3.96. The first-order valence-electron chi connectivity index (χ1n) is 7.91. The van der Waals surface area contributed by atoms with E-state index in [-0.39, 0.29) is 0 Å². The number of amides is 1. The summed E-state index contributed by atoms with van der Waals surface area (Å²) < 4.78 is 13.9.